The van der Waals surface area contributed by atoms with Crippen LogP contribution in [0.25, 0.3) is 0 Å². The summed E-state index contributed by atoms with van der Waals surface area (Å²) in [5.41, 5.74) is -0.283. The van der Waals surface area contributed by atoms with E-state index in [2.05, 4.69) is 20.7 Å². The van der Waals surface area contributed by atoms with Gasteiger partial charge in [0.25, 0.3) is 5.78 Å². The monoisotopic (exact) mass is 320 g/mol. The van der Waals surface area contributed by atoms with Crippen LogP contribution in [0.1, 0.15) is 17.3 Å². The van der Waals surface area contributed by atoms with Gasteiger partial charge in [-0.1, -0.05) is 0 Å². The fourth-order valence-corrected chi connectivity index (χ4v) is 1.86. The van der Waals surface area contributed by atoms with Gasteiger partial charge >= 0.3 is 5.97 Å². The molecule has 0 fully saturated rings. The molecular formula is C11H10BrFO5. The lowest BCUT2D eigenvalue weighted by Gasteiger charge is -2.11. The minimum atomic E-state index is -1.11. The average Bonchev–Trinajstić information content (AvgIpc) is 2.32. The quantitative estimate of drug-likeness (QED) is 0.522. The highest BCUT2D eigenvalue weighted by atomic mass is 79.9. The Morgan fingerprint density at radius 3 is 2.61 bits per heavy atom. The van der Waals surface area contributed by atoms with Gasteiger partial charge in [-0.3, -0.25) is 4.79 Å². The Kier molecular flexibility index (Phi) is 4.66. The molecule has 0 saturated carbocycles. The molecule has 1 aromatic rings. The van der Waals surface area contributed by atoms with Crippen LogP contribution in [0.5, 0.6) is 11.5 Å². The molecule has 0 aliphatic rings. The minimum Gasteiger partial charge on any atom is -0.502 e. The number of hydrogen-bond donors (Lipinski definition) is 1. The maximum Gasteiger partial charge on any atom is 0.379 e. The van der Waals surface area contributed by atoms with Gasteiger partial charge in [-0.25, -0.2) is 9.18 Å². The fraction of sp³-hybridized carbons (Fsp3) is 0.273. The summed E-state index contributed by atoms with van der Waals surface area (Å²) in [5, 5.41) is 9.44. The van der Waals surface area contributed by atoms with E-state index in [0.29, 0.717) is 0 Å². The Hall–Kier alpha value is -1.63. The number of benzene rings is 1. The molecule has 1 N–H and O–H groups in total. The van der Waals surface area contributed by atoms with Crippen molar-refractivity contribution in [2.45, 2.75) is 6.92 Å². The van der Waals surface area contributed by atoms with E-state index in [1.807, 2.05) is 0 Å². The van der Waals surface area contributed by atoms with E-state index in [-0.39, 0.29) is 16.6 Å². The van der Waals surface area contributed by atoms with E-state index < -0.39 is 29.1 Å². The summed E-state index contributed by atoms with van der Waals surface area (Å²) in [5.74, 6) is -4.37. The smallest absolute Gasteiger partial charge is 0.379 e. The van der Waals surface area contributed by atoms with Crippen LogP contribution in [-0.4, -0.2) is 30.6 Å². The molecule has 0 radical (unpaired) electrons. The molecule has 0 heterocycles. The van der Waals surface area contributed by atoms with Crippen molar-refractivity contribution in [1.82, 2.24) is 0 Å². The van der Waals surface area contributed by atoms with Gasteiger partial charge < -0.3 is 14.6 Å². The number of phenolic OH excluding ortho intramolecular Hbond substituents is 1. The second-order valence-electron chi connectivity index (χ2n) is 3.15. The molecule has 0 aliphatic heterocycles. The largest absolute Gasteiger partial charge is 0.502 e. The van der Waals surface area contributed by atoms with Crippen molar-refractivity contribution in [3.8, 4) is 11.5 Å². The van der Waals surface area contributed by atoms with Gasteiger partial charge in [-0.15, -0.1) is 0 Å². The van der Waals surface area contributed by atoms with Gasteiger partial charge in [0.15, 0.2) is 17.3 Å². The number of Topliss-reactive ketones (excluding diaryl/α,β-unsaturated/α-hetero) is 1. The van der Waals surface area contributed by atoms with Gasteiger partial charge in [0, 0.05) is 4.47 Å². The second kappa shape index (κ2) is 5.81. The molecule has 0 amide bonds. The third-order valence-corrected chi connectivity index (χ3v) is 2.68. The number of carbonyl (C=O) groups excluding carboxylic acids is 2. The number of halogens is 2. The molecule has 18 heavy (non-hydrogen) atoms. The first kappa shape index (κ1) is 14.4. The summed E-state index contributed by atoms with van der Waals surface area (Å²) < 4.78 is 22.5. The zero-order chi connectivity index (χ0) is 13.9. The van der Waals surface area contributed by atoms with E-state index in [4.69, 9.17) is 4.74 Å². The van der Waals surface area contributed by atoms with Gasteiger partial charge in [0.2, 0.25) is 0 Å². The molecule has 7 heteroatoms. The van der Waals surface area contributed by atoms with Gasteiger partial charge in [-0.2, -0.15) is 0 Å². The Morgan fingerprint density at radius 1 is 1.50 bits per heavy atom. The standard InChI is InChI=1S/C11H10BrFO5/c1-3-18-11(16)9(15)7-5(12)4-6(13)8(14)10(7)17-2/h4,14H,3H2,1-2H3. The molecular weight excluding hydrogens is 311 g/mol. The highest BCUT2D eigenvalue weighted by Gasteiger charge is 2.28. The second-order valence-corrected chi connectivity index (χ2v) is 4.00. The van der Waals surface area contributed by atoms with E-state index in [1.165, 1.54) is 0 Å². The highest BCUT2D eigenvalue weighted by molar-refractivity contribution is 9.10. The molecule has 5 nitrogen and oxygen atoms in total. The molecule has 0 bridgehead atoms. The Bertz CT molecular complexity index is 501. The number of ketones is 1. The third-order valence-electron chi connectivity index (χ3n) is 2.05. The molecule has 0 aromatic heterocycles. The van der Waals surface area contributed by atoms with Crippen molar-refractivity contribution in [3.05, 3.63) is 21.9 Å². The van der Waals surface area contributed by atoms with Crippen LogP contribution >= 0.6 is 15.9 Å². The molecule has 1 aromatic carbocycles. The number of carbonyl (C=O) groups is 2. The van der Waals surface area contributed by atoms with Crippen molar-refractivity contribution in [3.63, 3.8) is 0 Å². The minimum absolute atomic E-state index is 0.00676. The summed E-state index contributed by atoms with van der Waals surface area (Å²) in [6, 6.07) is 0.865. The van der Waals surface area contributed by atoms with Crippen LogP contribution in [0.2, 0.25) is 0 Å². The van der Waals surface area contributed by atoms with E-state index in [0.717, 1.165) is 13.2 Å². The number of phenols is 1. The summed E-state index contributed by atoms with van der Waals surface area (Å²) >= 11 is 2.93. The number of rotatable bonds is 4. The van der Waals surface area contributed by atoms with Crippen molar-refractivity contribution < 1.29 is 28.6 Å². The summed E-state index contributed by atoms with van der Waals surface area (Å²) in [4.78, 5) is 23.1. The van der Waals surface area contributed by atoms with Crippen LogP contribution in [-0.2, 0) is 9.53 Å². The molecule has 1 rings (SSSR count). The lowest BCUT2D eigenvalue weighted by Crippen LogP contribution is -2.19. The third kappa shape index (κ3) is 2.61. The van der Waals surface area contributed by atoms with Crippen LogP contribution < -0.4 is 4.74 Å². The maximum atomic E-state index is 13.2. The number of ether oxygens (including phenoxy) is 2. The fourth-order valence-electron chi connectivity index (χ4n) is 1.30. The number of hydrogen-bond acceptors (Lipinski definition) is 5. The zero-order valence-electron chi connectivity index (χ0n) is 9.62. The SMILES string of the molecule is CCOC(=O)C(=O)c1c(Br)cc(F)c(O)c1OC. The zero-order valence-corrected chi connectivity index (χ0v) is 11.2. The van der Waals surface area contributed by atoms with Crippen LogP contribution in [0, 0.1) is 5.82 Å². The lowest BCUT2D eigenvalue weighted by molar-refractivity contribution is -0.137. The highest BCUT2D eigenvalue weighted by Crippen LogP contribution is 2.38. The predicted octanol–water partition coefficient (Wildman–Crippen LogP) is 2.05. The van der Waals surface area contributed by atoms with Crippen LogP contribution in [0.3, 0.4) is 0 Å². The van der Waals surface area contributed by atoms with Gasteiger partial charge in [0.1, 0.15) is 0 Å². The summed E-state index contributed by atoms with van der Waals surface area (Å²) in [6.45, 7) is 1.57. The first-order valence-electron chi connectivity index (χ1n) is 4.90. The van der Waals surface area contributed by atoms with Crippen LogP contribution in [0.4, 0.5) is 4.39 Å². The van der Waals surface area contributed by atoms with Crippen molar-refractivity contribution in [2.75, 3.05) is 13.7 Å². The van der Waals surface area contributed by atoms with Crippen molar-refractivity contribution in [2.24, 2.45) is 0 Å². The number of aromatic hydroxyl groups is 1. The first-order chi connectivity index (χ1) is 8.43. The predicted molar refractivity (Wildman–Crippen MR) is 63.3 cm³/mol. The Labute approximate surface area is 111 Å². The van der Waals surface area contributed by atoms with Gasteiger partial charge in [-0.05, 0) is 28.9 Å². The normalized spacial score (nSPS) is 10.0. The molecule has 0 saturated heterocycles. The topological polar surface area (TPSA) is 72.8 Å². The van der Waals surface area contributed by atoms with E-state index in [1.54, 1.807) is 6.92 Å². The lowest BCUT2D eigenvalue weighted by atomic mass is 10.1. The molecule has 0 atom stereocenters. The van der Waals surface area contributed by atoms with Crippen molar-refractivity contribution >= 4 is 27.7 Å². The van der Waals surface area contributed by atoms with Crippen molar-refractivity contribution in [1.29, 1.82) is 0 Å². The molecule has 98 valence electrons. The van der Waals surface area contributed by atoms with Gasteiger partial charge in [0.05, 0.1) is 19.3 Å². The Balaban J connectivity index is 3.36. The van der Waals surface area contributed by atoms with E-state index >= 15 is 0 Å². The summed E-state index contributed by atoms with van der Waals surface area (Å²) in [7, 11) is 1.14. The summed E-state index contributed by atoms with van der Waals surface area (Å²) in [6.07, 6.45) is 0. The number of methoxy groups -OCH3 is 1. The molecule has 0 aliphatic carbocycles. The average molecular weight is 321 g/mol. The molecule has 0 spiro atoms. The maximum absolute atomic E-state index is 13.2. The first-order valence-corrected chi connectivity index (χ1v) is 5.69. The number of esters is 1. The van der Waals surface area contributed by atoms with Crippen LogP contribution in [0.15, 0.2) is 10.5 Å². The molecule has 0 unspecified atom stereocenters. The van der Waals surface area contributed by atoms with E-state index in [9.17, 15) is 19.1 Å². The Morgan fingerprint density at radius 2 is 2.11 bits per heavy atom.